The second-order valence-electron chi connectivity index (χ2n) is 4.33. The maximum atomic E-state index is 4.12. The second-order valence-corrected chi connectivity index (χ2v) is 4.33. The van der Waals surface area contributed by atoms with E-state index in [1.807, 2.05) is 0 Å². The Hall–Kier alpha value is -1.24. The Morgan fingerprint density at radius 1 is 1.43 bits per heavy atom. The Morgan fingerprint density at radius 2 is 2.21 bits per heavy atom. The number of benzene rings is 1. The summed E-state index contributed by atoms with van der Waals surface area (Å²) in [5.41, 5.74) is 3.86. The van der Waals surface area contributed by atoms with Gasteiger partial charge in [0.15, 0.2) is 0 Å². The highest BCUT2D eigenvalue weighted by atomic mass is 15.2. The third-order valence-corrected chi connectivity index (χ3v) is 2.77. The normalized spacial score (nSPS) is 21.7. The summed E-state index contributed by atoms with van der Waals surface area (Å²) in [6, 6.07) is 8.63. The number of hydrogen-bond acceptors (Lipinski definition) is 1. The van der Waals surface area contributed by atoms with Crippen molar-refractivity contribution in [2.24, 2.45) is 5.92 Å². The minimum absolute atomic E-state index is 0.739. The Balaban J connectivity index is 2.27. The summed E-state index contributed by atoms with van der Waals surface area (Å²) in [6.45, 7) is 9.64. The molecule has 1 atom stereocenters. The van der Waals surface area contributed by atoms with E-state index in [2.05, 4.69) is 49.6 Å². The number of aryl methyl sites for hydroxylation is 1. The van der Waals surface area contributed by atoms with E-state index in [9.17, 15) is 0 Å². The van der Waals surface area contributed by atoms with Gasteiger partial charge in [0.25, 0.3) is 0 Å². The molecule has 1 aromatic rings. The molecule has 0 amide bonds. The number of rotatable bonds is 1. The molecule has 1 heteroatoms. The molecule has 1 aromatic carbocycles. The van der Waals surface area contributed by atoms with E-state index in [-0.39, 0.29) is 0 Å². The highest BCUT2D eigenvalue weighted by Crippen LogP contribution is 2.30. The van der Waals surface area contributed by atoms with Gasteiger partial charge in [-0.05, 0) is 37.0 Å². The zero-order chi connectivity index (χ0) is 10.1. The lowest BCUT2D eigenvalue weighted by Gasteiger charge is -2.19. The van der Waals surface area contributed by atoms with Crippen LogP contribution < -0.4 is 4.90 Å². The van der Waals surface area contributed by atoms with Crippen molar-refractivity contribution in [3.63, 3.8) is 0 Å². The highest BCUT2D eigenvalue weighted by molar-refractivity contribution is 5.54. The van der Waals surface area contributed by atoms with Crippen LogP contribution in [-0.2, 0) is 0 Å². The molecule has 1 unspecified atom stereocenters. The van der Waals surface area contributed by atoms with Crippen LogP contribution in [0.5, 0.6) is 0 Å². The Bertz CT molecular complexity index is 354. The molecule has 1 aliphatic rings. The molecule has 1 nitrogen and oxygen atoms in total. The highest BCUT2D eigenvalue weighted by Gasteiger charge is 2.22. The lowest BCUT2D eigenvalue weighted by molar-refractivity contribution is 0.668. The first kappa shape index (κ1) is 9.32. The van der Waals surface area contributed by atoms with Gasteiger partial charge in [-0.15, -0.1) is 0 Å². The molecule has 0 N–H and O–H groups in total. The smallest absolute Gasteiger partial charge is 0.0410 e. The van der Waals surface area contributed by atoms with Crippen molar-refractivity contribution in [2.75, 3.05) is 11.4 Å². The molecular formula is C13H17N. The number of nitrogens with zero attached hydrogens (tertiary/aromatic N) is 1. The molecule has 0 radical (unpaired) electrons. The van der Waals surface area contributed by atoms with Crippen LogP contribution in [0.25, 0.3) is 0 Å². The van der Waals surface area contributed by atoms with E-state index in [4.69, 9.17) is 0 Å². The van der Waals surface area contributed by atoms with Crippen molar-refractivity contribution in [1.82, 2.24) is 0 Å². The quantitative estimate of drug-likeness (QED) is 0.651. The molecule has 2 rings (SSSR count). The fraction of sp³-hybridized carbons (Fsp3) is 0.385. The van der Waals surface area contributed by atoms with Crippen LogP contribution in [0.2, 0.25) is 0 Å². The maximum Gasteiger partial charge on any atom is 0.0410 e. The van der Waals surface area contributed by atoms with Gasteiger partial charge in [0.05, 0.1) is 0 Å². The topological polar surface area (TPSA) is 3.24 Å². The standard InChI is InChI=1S/C13H17N/c1-10-5-4-6-13(8-10)14-9-11(2)7-12(14)3/h4-6,8,11H,3,7,9H2,1-2H3. The van der Waals surface area contributed by atoms with Gasteiger partial charge in [-0.3, -0.25) is 0 Å². The second kappa shape index (κ2) is 3.49. The van der Waals surface area contributed by atoms with Crippen molar-refractivity contribution in [3.8, 4) is 0 Å². The fourth-order valence-electron chi connectivity index (χ4n) is 2.10. The molecule has 0 aliphatic carbocycles. The summed E-state index contributed by atoms with van der Waals surface area (Å²) in [6.07, 6.45) is 1.13. The molecule has 0 saturated carbocycles. The van der Waals surface area contributed by atoms with Gasteiger partial charge in [0.2, 0.25) is 0 Å². The van der Waals surface area contributed by atoms with Crippen molar-refractivity contribution < 1.29 is 0 Å². The Kier molecular flexibility index (Phi) is 2.32. The number of anilines is 1. The first-order chi connectivity index (χ1) is 6.66. The van der Waals surface area contributed by atoms with Gasteiger partial charge in [-0.1, -0.05) is 25.6 Å². The lowest BCUT2D eigenvalue weighted by atomic mass is 10.1. The predicted molar refractivity (Wildman–Crippen MR) is 61.4 cm³/mol. The maximum absolute atomic E-state index is 4.12. The van der Waals surface area contributed by atoms with Gasteiger partial charge in [0, 0.05) is 17.9 Å². The minimum atomic E-state index is 0.739. The van der Waals surface area contributed by atoms with Crippen LogP contribution in [0.1, 0.15) is 18.9 Å². The average Bonchev–Trinajstić information content (AvgIpc) is 2.45. The zero-order valence-corrected chi connectivity index (χ0v) is 8.96. The fourth-order valence-corrected chi connectivity index (χ4v) is 2.10. The molecule has 14 heavy (non-hydrogen) atoms. The van der Waals surface area contributed by atoms with E-state index in [1.165, 1.54) is 16.9 Å². The van der Waals surface area contributed by atoms with Gasteiger partial charge < -0.3 is 4.90 Å². The molecule has 74 valence electrons. The molecule has 1 heterocycles. The zero-order valence-electron chi connectivity index (χ0n) is 8.96. The lowest BCUT2D eigenvalue weighted by Crippen LogP contribution is -2.17. The third kappa shape index (κ3) is 1.67. The predicted octanol–water partition coefficient (Wildman–Crippen LogP) is 3.35. The summed E-state index contributed by atoms with van der Waals surface area (Å²) in [5, 5.41) is 0. The van der Waals surface area contributed by atoms with E-state index < -0.39 is 0 Å². The summed E-state index contributed by atoms with van der Waals surface area (Å²) in [4.78, 5) is 2.33. The molecule has 0 spiro atoms. The van der Waals surface area contributed by atoms with E-state index in [0.29, 0.717) is 0 Å². The van der Waals surface area contributed by atoms with Crippen LogP contribution in [0.15, 0.2) is 36.5 Å². The molecule has 0 bridgehead atoms. The van der Waals surface area contributed by atoms with E-state index >= 15 is 0 Å². The summed E-state index contributed by atoms with van der Waals surface area (Å²) >= 11 is 0. The molecule has 1 aliphatic heterocycles. The Morgan fingerprint density at radius 3 is 2.79 bits per heavy atom. The number of allylic oxidation sites excluding steroid dienone is 1. The van der Waals surface area contributed by atoms with Crippen molar-refractivity contribution >= 4 is 5.69 Å². The molecule has 0 aromatic heterocycles. The third-order valence-electron chi connectivity index (χ3n) is 2.77. The van der Waals surface area contributed by atoms with E-state index in [1.54, 1.807) is 0 Å². The van der Waals surface area contributed by atoms with Gasteiger partial charge in [-0.25, -0.2) is 0 Å². The largest absolute Gasteiger partial charge is 0.345 e. The average molecular weight is 187 g/mol. The Labute approximate surface area is 86.1 Å². The van der Waals surface area contributed by atoms with Crippen molar-refractivity contribution in [2.45, 2.75) is 20.3 Å². The monoisotopic (exact) mass is 187 g/mol. The summed E-state index contributed by atoms with van der Waals surface area (Å²) in [7, 11) is 0. The van der Waals surface area contributed by atoms with E-state index in [0.717, 1.165) is 18.9 Å². The van der Waals surface area contributed by atoms with Crippen LogP contribution in [-0.4, -0.2) is 6.54 Å². The first-order valence-corrected chi connectivity index (χ1v) is 5.19. The summed E-state index contributed by atoms with van der Waals surface area (Å²) < 4.78 is 0. The number of hydrogen-bond donors (Lipinski definition) is 0. The van der Waals surface area contributed by atoms with Crippen molar-refractivity contribution in [3.05, 3.63) is 42.1 Å². The van der Waals surface area contributed by atoms with Crippen LogP contribution in [0.4, 0.5) is 5.69 Å². The van der Waals surface area contributed by atoms with Crippen LogP contribution in [0, 0.1) is 12.8 Å². The van der Waals surface area contributed by atoms with Crippen molar-refractivity contribution in [1.29, 1.82) is 0 Å². The molecule has 1 saturated heterocycles. The van der Waals surface area contributed by atoms with Gasteiger partial charge >= 0.3 is 0 Å². The van der Waals surface area contributed by atoms with Crippen LogP contribution in [0.3, 0.4) is 0 Å². The SMILES string of the molecule is C=C1CC(C)CN1c1cccc(C)c1. The molecule has 1 fully saturated rings. The minimum Gasteiger partial charge on any atom is -0.345 e. The van der Waals surface area contributed by atoms with Crippen LogP contribution >= 0.6 is 0 Å². The summed E-state index contributed by atoms with van der Waals surface area (Å²) in [5.74, 6) is 0.739. The molecular weight excluding hydrogens is 170 g/mol. The van der Waals surface area contributed by atoms with Gasteiger partial charge in [-0.2, -0.15) is 0 Å². The first-order valence-electron chi connectivity index (χ1n) is 5.19. The van der Waals surface area contributed by atoms with Gasteiger partial charge in [0.1, 0.15) is 0 Å².